The highest BCUT2D eigenvalue weighted by Crippen LogP contribution is 2.18. The van der Waals surface area contributed by atoms with Crippen molar-refractivity contribution in [3.8, 4) is 0 Å². The number of furan rings is 1. The quantitative estimate of drug-likeness (QED) is 0.601. The maximum absolute atomic E-state index is 12.9. The van der Waals surface area contributed by atoms with Gasteiger partial charge < -0.3 is 4.42 Å². The van der Waals surface area contributed by atoms with Gasteiger partial charge in [-0.2, -0.15) is 0 Å². The van der Waals surface area contributed by atoms with E-state index in [-0.39, 0.29) is 22.8 Å². The van der Waals surface area contributed by atoms with E-state index in [1.54, 1.807) is 18.2 Å². The zero-order chi connectivity index (χ0) is 20.9. The lowest BCUT2D eigenvalue weighted by Crippen LogP contribution is -2.42. The molecule has 2 aromatic carbocycles. The number of hydrazine groups is 1. The van der Waals surface area contributed by atoms with Crippen molar-refractivity contribution < 1.29 is 26.8 Å². The van der Waals surface area contributed by atoms with E-state index in [1.807, 2.05) is 0 Å². The minimum absolute atomic E-state index is 0.0563. The number of rotatable bonds is 6. The van der Waals surface area contributed by atoms with Gasteiger partial charge >= 0.3 is 5.91 Å². The lowest BCUT2D eigenvalue weighted by atomic mass is 10.1. The van der Waals surface area contributed by atoms with Crippen LogP contribution in [0.1, 0.15) is 21.9 Å². The van der Waals surface area contributed by atoms with Crippen LogP contribution in [0.5, 0.6) is 0 Å². The van der Waals surface area contributed by atoms with Gasteiger partial charge in [-0.15, -0.1) is 0 Å². The molecule has 0 aliphatic heterocycles. The van der Waals surface area contributed by atoms with Crippen LogP contribution in [0.2, 0.25) is 0 Å². The lowest BCUT2D eigenvalue weighted by Gasteiger charge is -2.06. The van der Waals surface area contributed by atoms with Crippen LogP contribution < -0.4 is 10.9 Å². The summed E-state index contributed by atoms with van der Waals surface area (Å²) in [7, 11) is -3.61. The molecule has 0 fully saturated rings. The molecule has 7 nitrogen and oxygen atoms in total. The van der Waals surface area contributed by atoms with Gasteiger partial charge in [0, 0.05) is 0 Å². The first-order chi connectivity index (χ1) is 13.8. The standard InChI is InChI=1S/C20H17FN2O5S/c21-15-8-6-14(7-9-15)12-19(24)22-23-20(25)18-11-10-16(28-18)13-29(26,27)17-4-2-1-3-5-17/h1-11H,12-13H2,(H,22,24)(H,23,25). The Bertz CT molecular complexity index is 1110. The Balaban J connectivity index is 1.55. The summed E-state index contributed by atoms with van der Waals surface area (Å²) < 4.78 is 42.8. The molecular formula is C20H17FN2O5S. The molecule has 0 aliphatic carbocycles. The van der Waals surface area contributed by atoms with Crippen LogP contribution in [0.15, 0.2) is 76.0 Å². The fourth-order valence-corrected chi connectivity index (χ4v) is 3.76. The third-order valence-electron chi connectivity index (χ3n) is 3.91. The summed E-state index contributed by atoms with van der Waals surface area (Å²) in [6.45, 7) is 0. The van der Waals surface area contributed by atoms with E-state index in [2.05, 4.69) is 10.9 Å². The van der Waals surface area contributed by atoms with Gasteiger partial charge in [0.2, 0.25) is 5.91 Å². The molecule has 0 bridgehead atoms. The largest absolute Gasteiger partial charge is 0.455 e. The van der Waals surface area contributed by atoms with Crippen LogP contribution in [-0.2, 0) is 26.8 Å². The highest BCUT2D eigenvalue weighted by molar-refractivity contribution is 7.90. The average molecular weight is 416 g/mol. The Kier molecular flexibility index (Phi) is 6.08. The molecule has 29 heavy (non-hydrogen) atoms. The molecule has 9 heteroatoms. The van der Waals surface area contributed by atoms with Crippen molar-refractivity contribution >= 4 is 21.7 Å². The molecule has 0 radical (unpaired) electrons. The van der Waals surface area contributed by atoms with Gasteiger partial charge in [-0.1, -0.05) is 30.3 Å². The predicted molar refractivity (Wildman–Crippen MR) is 102 cm³/mol. The number of halogens is 1. The first-order valence-corrected chi connectivity index (χ1v) is 10.2. The summed E-state index contributed by atoms with van der Waals surface area (Å²) in [6, 6.07) is 16.0. The summed E-state index contributed by atoms with van der Waals surface area (Å²) in [5.74, 6) is -2.11. The molecule has 0 spiro atoms. The van der Waals surface area contributed by atoms with Crippen molar-refractivity contribution in [1.29, 1.82) is 0 Å². The van der Waals surface area contributed by atoms with Gasteiger partial charge in [0.25, 0.3) is 0 Å². The molecule has 0 saturated carbocycles. The Hall–Kier alpha value is -3.46. The predicted octanol–water partition coefficient (Wildman–Crippen LogP) is 2.40. The van der Waals surface area contributed by atoms with Gasteiger partial charge in [0.15, 0.2) is 15.6 Å². The van der Waals surface area contributed by atoms with Gasteiger partial charge in [-0.25, -0.2) is 12.8 Å². The summed E-state index contributed by atoms with van der Waals surface area (Å²) in [5, 5.41) is 0. The molecule has 1 heterocycles. The zero-order valence-corrected chi connectivity index (χ0v) is 15.9. The number of nitrogens with one attached hydrogen (secondary N) is 2. The SMILES string of the molecule is O=C(Cc1ccc(F)cc1)NNC(=O)c1ccc(CS(=O)(=O)c2ccccc2)o1. The first kappa shape index (κ1) is 20.3. The van der Waals surface area contributed by atoms with Crippen molar-refractivity contribution in [3.05, 3.63) is 89.6 Å². The van der Waals surface area contributed by atoms with E-state index in [4.69, 9.17) is 4.42 Å². The molecule has 0 aliphatic rings. The fraction of sp³-hybridized carbons (Fsp3) is 0.100. The summed E-state index contributed by atoms with van der Waals surface area (Å²) >= 11 is 0. The molecular weight excluding hydrogens is 399 g/mol. The van der Waals surface area contributed by atoms with Crippen molar-refractivity contribution in [2.24, 2.45) is 0 Å². The maximum atomic E-state index is 12.9. The smallest absolute Gasteiger partial charge is 0.305 e. The average Bonchev–Trinajstić information content (AvgIpc) is 3.16. The van der Waals surface area contributed by atoms with Crippen molar-refractivity contribution in [2.45, 2.75) is 17.1 Å². The minimum Gasteiger partial charge on any atom is -0.455 e. The van der Waals surface area contributed by atoms with Crippen molar-refractivity contribution in [3.63, 3.8) is 0 Å². The number of benzene rings is 2. The maximum Gasteiger partial charge on any atom is 0.305 e. The second-order valence-electron chi connectivity index (χ2n) is 6.14. The minimum atomic E-state index is -3.61. The molecule has 2 amide bonds. The van der Waals surface area contributed by atoms with Crippen LogP contribution in [0.3, 0.4) is 0 Å². The Morgan fingerprint density at radius 1 is 0.897 bits per heavy atom. The van der Waals surface area contributed by atoms with Crippen LogP contribution in [0.4, 0.5) is 4.39 Å². The molecule has 2 N–H and O–H groups in total. The van der Waals surface area contributed by atoms with E-state index in [0.717, 1.165) is 0 Å². The summed E-state index contributed by atoms with van der Waals surface area (Å²) in [5.41, 5.74) is 4.97. The van der Waals surface area contributed by atoms with Crippen LogP contribution in [0.25, 0.3) is 0 Å². The third-order valence-corrected chi connectivity index (χ3v) is 5.57. The molecule has 3 rings (SSSR count). The summed E-state index contributed by atoms with van der Waals surface area (Å²) in [4.78, 5) is 24.1. The van der Waals surface area contributed by atoms with E-state index in [9.17, 15) is 22.4 Å². The van der Waals surface area contributed by atoms with Crippen molar-refractivity contribution in [2.75, 3.05) is 0 Å². The monoisotopic (exact) mass is 416 g/mol. The Labute approximate surface area is 166 Å². The van der Waals surface area contributed by atoms with E-state index >= 15 is 0 Å². The number of amides is 2. The van der Waals surface area contributed by atoms with E-state index in [1.165, 1.54) is 48.5 Å². The highest BCUT2D eigenvalue weighted by atomic mass is 32.2. The fourth-order valence-electron chi connectivity index (χ4n) is 2.50. The van der Waals surface area contributed by atoms with Gasteiger partial charge in [-0.3, -0.25) is 20.4 Å². The van der Waals surface area contributed by atoms with Gasteiger partial charge in [0.05, 0.1) is 11.3 Å². The Morgan fingerprint density at radius 3 is 2.28 bits per heavy atom. The second kappa shape index (κ2) is 8.70. The van der Waals surface area contributed by atoms with Crippen LogP contribution in [-0.4, -0.2) is 20.2 Å². The number of carbonyl (C=O) groups excluding carboxylic acids is 2. The second-order valence-corrected chi connectivity index (χ2v) is 8.13. The number of hydrogen-bond acceptors (Lipinski definition) is 5. The molecule has 150 valence electrons. The van der Waals surface area contributed by atoms with Gasteiger partial charge in [-0.05, 0) is 42.0 Å². The zero-order valence-electron chi connectivity index (χ0n) is 15.1. The van der Waals surface area contributed by atoms with Crippen LogP contribution >= 0.6 is 0 Å². The van der Waals surface area contributed by atoms with Crippen LogP contribution in [0, 0.1) is 5.82 Å². The molecule has 0 unspecified atom stereocenters. The molecule has 1 aromatic heterocycles. The molecule has 0 saturated heterocycles. The molecule has 3 aromatic rings. The lowest BCUT2D eigenvalue weighted by molar-refractivity contribution is -0.121. The normalized spacial score (nSPS) is 11.1. The van der Waals surface area contributed by atoms with E-state index in [0.29, 0.717) is 5.56 Å². The number of carbonyl (C=O) groups is 2. The highest BCUT2D eigenvalue weighted by Gasteiger charge is 2.19. The number of hydrogen-bond donors (Lipinski definition) is 2. The Morgan fingerprint density at radius 2 is 1.59 bits per heavy atom. The number of sulfone groups is 1. The third kappa shape index (κ3) is 5.52. The first-order valence-electron chi connectivity index (χ1n) is 8.54. The summed E-state index contributed by atoms with van der Waals surface area (Å²) in [6.07, 6.45) is -0.0563. The van der Waals surface area contributed by atoms with Crippen molar-refractivity contribution in [1.82, 2.24) is 10.9 Å². The van der Waals surface area contributed by atoms with Gasteiger partial charge in [0.1, 0.15) is 17.3 Å². The topological polar surface area (TPSA) is 105 Å². The van der Waals surface area contributed by atoms with E-state index < -0.39 is 33.2 Å². The molecule has 0 atom stereocenters.